The Hall–Kier alpha value is -2.03. The Morgan fingerprint density at radius 2 is 1.64 bits per heavy atom. The number of aromatic hydroxyl groups is 1. The molecule has 1 saturated carbocycles. The lowest BCUT2D eigenvalue weighted by Gasteiger charge is -2.16. The van der Waals surface area contributed by atoms with Crippen molar-refractivity contribution in [2.24, 2.45) is 0 Å². The summed E-state index contributed by atoms with van der Waals surface area (Å²) in [4.78, 5) is 12.3. The molecule has 0 unspecified atom stereocenters. The standard InChI is InChI=1S/C19H22O3/c1-11-8-12(2)16(13(3)9-11)17-18(20)15(10-22-19(17)21)14-6-4-5-7-14/h8-10,14,20H,4-7H2,1-3H3. The van der Waals surface area contributed by atoms with Gasteiger partial charge < -0.3 is 9.52 Å². The predicted molar refractivity (Wildman–Crippen MR) is 87.5 cm³/mol. The zero-order chi connectivity index (χ0) is 15.9. The lowest BCUT2D eigenvalue weighted by molar-refractivity contribution is 0.431. The van der Waals surface area contributed by atoms with E-state index in [1.54, 1.807) is 0 Å². The minimum absolute atomic E-state index is 0.109. The van der Waals surface area contributed by atoms with Gasteiger partial charge in [0.25, 0.3) is 0 Å². The van der Waals surface area contributed by atoms with Crippen molar-refractivity contribution in [3.8, 4) is 16.9 Å². The molecule has 116 valence electrons. The number of hydrogen-bond donors (Lipinski definition) is 1. The fraction of sp³-hybridized carbons (Fsp3) is 0.421. The maximum Gasteiger partial charge on any atom is 0.347 e. The highest BCUT2D eigenvalue weighted by molar-refractivity contribution is 5.76. The molecule has 3 heteroatoms. The summed E-state index contributed by atoms with van der Waals surface area (Å²) >= 11 is 0. The van der Waals surface area contributed by atoms with Crippen LogP contribution < -0.4 is 5.63 Å². The van der Waals surface area contributed by atoms with Crippen LogP contribution in [0.5, 0.6) is 5.75 Å². The van der Waals surface area contributed by atoms with Crippen LogP contribution in [0.1, 0.15) is 53.9 Å². The largest absolute Gasteiger partial charge is 0.507 e. The second-order valence-electron chi connectivity index (χ2n) is 6.46. The van der Waals surface area contributed by atoms with Gasteiger partial charge in [-0.05, 0) is 56.2 Å². The third-order valence-electron chi connectivity index (χ3n) is 4.73. The van der Waals surface area contributed by atoms with E-state index >= 15 is 0 Å². The molecule has 22 heavy (non-hydrogen) atoms. The second-order valence-corrected chi connectivity index (χ2v) is 6.46. The minimum atomic E-state index is -0.464. The van der Waals surface area contributed by atoms with Crippen LogP contribution in [-0.2, 0) is 0 Å². The van der Waals surface area contributed by atoms with Crippen molar-refractivity contribution < 1.29 is 9.52 Å². The van der Waals surface area contributed by atoms with E-state index in [0.29, 0.717) is 11.5 Å². The van der Waals surface area contributed by atoms with Gasteiger partial charge in [-0.25, -0.2) is 4.79 Å². The molecule has 3 rings (SSSR count). The Balaban J connectivity index is 2.23. The number of hydrogen-bond acceptors (Lipinski definition) is 3. The van der Waals surface area contributed by atoms with Crippen molar-refractivity contribution in [2.75, 3.05) is 0 Å². The van der Waals surface area contributed by atoms with Gasteiger partial charge in [0, 0.05) is 5.56 Å². The summed E-state index contributed by atoms with van der Waals surface area (Å²) in [6, 6.07) is 4.06. The first kappa shape index (κ1) is 14.9. The molecule has 1 N–H and O–H groups in total. The quantitative estimate of drug-likeness (QED) is 0.881. The topological polar surface area (TPSA) is 50.4 Å². The van der Waals surface area contributed by atoms with Crippen LogP contribution in [0, 0.1) is 20.8 Å². The highest BCUT2D eigenvalue weighted by Gasteiger charge is 2.25. The molecule has 0 bridgehead atoms. The van der Waals surface area contributed by atoms with Gasteiger partial charge in [0.15, 0.2) is 0 Å². The maximum atomic E-state index is 12.3. The SMILES string of the molecule is Cc1cc(C)c(-c2c(O)c(C3CCCC3)coc2=O)c(C)c1. The summed E-state index contributed by atoms with van der Waals surface area (Å²) in [6.45, 7) is 5.97. The molecule has 0 atom stereocenters. The van der Waals surface area contributed by atoms with Crippen molar-refractivity contribution in [2.45, 2.75) is 52.4 Å². The average molecular weight is 298 g/mol. The minimum Gasteiger partial charge on any atom is -0.507 e. The van der Waals surface area contributed by atoms with E-state index in [2.05, 4.69) is 0 Å². The number of rotatable bonds is 2. The first-order valence-corrected chi connectivity index (χ1v) is 7.92. The molecule has 1 aromatic carbocycles. The molecule has 1 aromatic heterocycles. The summed E-state index contributed by atoms with van der Waals surface area (Å²) in [5.74, 6) is 0.410. The van der Waals surface area contributed by atoms with Gasteiger partial charge in [-0.2, -0.15) is 0 Å². The normalized spacial score (nSPS) is 15.4. The van der Waals surface area contributed by atoms with E-state index in [0.717, 1.165) is 40.7 Å². The zero-order valence-electron chi connectivity index (χ0n) is 13.4. The molecule has 0 aliphatic heterocycles. The van der Waals surface area contributed by atoms with Crippen molar-refractivity contribution in [3.05, 3.63) is 51.1 Å². The van der Waals surface area contributed by atoms with E-state index < -0.39 is 5.63 Å². The summed E-state index contributed by atoms with van der Waals surface area (Å²) in [7, 11) is 0. The molecule has 1 fully saturated rings. The Morgan fingerprint density at radius 1 is 1.05 bits per heavy atom. The van der Waals surface area contributed by atoms with Gasteiger partial charge in [0.2, 0.25) is 0 Å². The van der Waals surface area contributed by atoms with Crippen LogP contribution in [-0.4, -0.2) is 5.11 Å². The first-order chi connectivity index (χ1) is 10.5. The third kappa shape index (κ3) is 2.45. The van der Waals surface area contributed by atoms with E-state index in [4.69, 9.17) is 4.42 Å². The number of aryl methyl sites for hydroxylation is 3. The van der Waals surface area contributed by atoms with Crippen LogP contribution in [0.3, 0.4) is 0 Å². The Bertz CT molecular complexity index is 742. The van der Waals surface area contributed by atoms with E-state index in [1.807, 2.05) is 32.9 Å². The Kier molecular flexibility index (Phi) is 3.81. The fourth-order valence-corrected chi connectivity index (χ4v) is 3.79. The lowest BCUT2D eigenvalue weighted by atomic mass is 9.91. The Labute approximate surface area is 130 Å². The highest BCUT2D eigenvalue weighted by Crippen LogP contribution is 2.42. The average Bonchev–Trinajstić information content (AvgIpc) is 2.95. The molecule has 0 saturated heterocycles. The van der Waals surface area contributed by atoms with Gasteiger partial charge in [-0.15, -0.1) is 0 Å². The highest BCUT2D eigenvalue weighted by atomic mass is 16.4. The van der Waals surface area contributed by atoms with Gasteiger partial charge in [0.05, 0.1) is 0 Å². The van der Waals surface area contributed by atoms with Crippen LogP contribution in [0.25, 0.3) is 11.1 Å². The van der Waals surface area contributed by atoms with E-state index in [9.17, 15) is 9.90 Å². The molecule has 0 radical (unpaired) electrons. The van der Waals surface area contributed by atoms with Gasteiger partial charge in [0.1, 0.15) is 17.6 Å². The molecular weight excluding hydrogens is 276 g/mol. The summed E-state index contributed by atoms with van der Waals surface area (Å²) in [5, 5.41) is 10.7. The molecule has 1 aliphatic carbocycles. The zero-order valence-corrected chi connectivity index (χ0v) is 13.4. The van der Waals surface area contributed by atoms with Gasteiger partial charge >= 0.3 is 5.63 Å². The summed E-state index contributed by atoms with van der Waals surface area (Å²) in [6.07, 6.45) is 5.89. The van der Waals surface area contributed by atoms with E-state index in [1.165, 1.54) is 19.1 Å². The summed E-state index contributed by atoms with van der Waals surface area (Å²) < 4.78 is 5.26. The maximum absolute atomic E-state index is 12.3. The second kappa shape index (κ2) is 5.64. The van der Waals surface area contributed by atoms with Crippen LogP contribution in [0.2, 0.25) is 0 Å². The molecule has 2 aromatic rings. The summed E-state index contributed by atoms with van der Waals surface area (Å²) in [5.41, 5.74) is 4.57. The Morgan fingerprint density at radius 3 is 2.23 bits per heavy atom. The van der Waals surface area contributed by atoms with Crippen molar-refractivity contribution >= 4 is 0 Å². The van der Waals surface area contributed by atoms with E-state index in [-0.39, 0.29) is 5.75 Å². The molecular formula is C19H22O3. The molecule has 1 aliphatic rings. The van der Waals surface area contributed by atoms with Crippen molar-refractivity contribution in [3.63, 3.8) is 0 Å². The van der Waals surface area contributed by atoms with Crippen molar-refractivity contribution in [1.29, 1.82) is 0 Å². The van der Waals surface area contributed by atoms with Crippen LogP contribution in [0.15, 0.2) is 27.6 Å². The number of benzene rings is 1. The monoisotopic (exact) mass is 298 g/mol. The third-order valence-corrected chi connectivity index (χ3v) is 4.73. The molecule has 0 amide bonds. The van der Waals surface area contributed by atoms with Gasteiger partial charge in [-0.1, -0.05) is 30.5 Å². The van der Waals surface area contributed by atoms with Gasteiger partial charge in [-0.3, -0.25) is 0 Å². The smallest absolute Gasteiger partial charge is 0.347 e. The first-order valence-electron chi connectivity index (χ1n) is 7.92. The molecule has 0 spiro atoms. The fourth-order valence-electron chi connectivity index (χ4n) is 3.79. The lowest BCUT2D eigenvalue weighted by Crippen LogP contribution is -2.08. The molecule has 3 nitrogen and oxygen atoms in total. The van der Waals surface area contributed by atoms with Crippen molar-refractivity contribution in [1.82, 2.24) is 0 Å². The predicted octanol–water partition coefficient (Wildman–Crippen LogP) is 4.60. The van der Waals surface area contributed by atoms with Crippen LogP contribution >= 0.6 is 0 Å². The van der Waals surface area contributed by atoms with Crippen LogP contribution in [0.4, 0.5) is 0 Å². The molecule has 1 heterocycles.